The molecule has 2 aromatic carbocycles. The molecule has 0 aromatic heterocycles. The van der Waals surface area contributed by atoms with E-state index < -0.39 is 5.60 Å². The molecular weight excluding hydrogens is 341 g/mol. The Hall–Kier alpha value is -1.75. The van der Waals surface area contributed by atoms with E-state index in [1.807, 2.05) is 30.3 Å². The normalized spacial score (nSPS) is 22.7. The van der Waals surface area contributed by atoms with Crippen molar-refractivity contribution < 1.29 is 13.9 Å². The Morgan fingerprint density at radius 2 is 1.85 bits per heavy atom. The Labute approximate surface area is 161 Å². The fraction of sp³-hybridized carbons (Fsp3) is 0.478. The van der Waals surface area contributed by atoms with E-state index in [2.05, 4.69) is 24.4 Å². The molecule has 0 spiro atoms. The van der Waals surface area contributed by atoms with Crippen molar-refractivity contribution in [1.29, 1.82) is 0 Å². The number of piperidine rings is 1. The molecule has 0 bridgehead atoms. The smallest absolute Gasteiger partial charge is 0.123 e. The van der Waals surface area contributed by atoms with Crippen LogP contribution in [0.2, 0.25) is 0 Å². The van der Waals surface area contributed by atoms with Gasteiger partial charge in [-0.15, -0.1) is 0 Å². The number of nitrogens with one attached hydrogen (secondary N) is 1. The molecule has 0 radical (unpaired) electrons. The van der Waals surface area contributed by atoms with Crippen molar-refractivity contribution >= 4 is 0 Å². The van der Waals surface area contributed by atoms with Crippen molar-refractivity contribution in [2.24, 2.45) is 0 Å². The topological polar surface area (TPSA) is 30.5 Å². The summed E-state index contributed by atoms with van der Waals surface area (Å²) >= 11 is 0. The van der Waals surface area contributed by atoms with Crippen molar-refractivity contribution in [1.82, 2.24) is 5.32 Å². The van der Waals surface area contributed by atoms with E-state index in [4.69, 9.17) is 9.47 Å². The van der Waals surface area contributed by atoms with Crippen molar-refractivity contribution in [2.75, 3.05) is 19.7 Å². The number of hydrogen-bond acceptors (Lipinski definition) is 3. The van der Waals surface area contributed by atoms with Gasteiger partial charge in [-0.3, -0.25) is 0 Å². The van der Waals surface area contributed by atoms with Gasteiger partial charge in [-0.25, -0.2) is 4.39 Å². The van der Waals surface area contributed by atoms with E-state index in [0.29, 0.717) is 6.61 Å². The molecule has 0 unspecified atom stereocenters. The van der Waals surface area contributed by atoms with Crippen molar-refractivity contribution in [3.8, 4) is 0 Å². The van der Waals surface area contributed by atoms with Crippen LogP contribution in [-0.2, 0) is 21.7 Å². The Balaban J connectivity index is 1.83. The maximum Gasteiger partial charge on any atom is 0.123 e. The van der Waals surface area contributed by atoms with Gasteiger partial charge in [-0.1, -0.05) is 62.2 Å². The first-order valence-electron chi connectivity index (χ1n) is 10.0. The van der Waals surface area contributed by atoms with E-state index in [1.165, 1.54) is 18.6 Å². The quantitative estimate of drug-likeness (QED) is 0.642. The van der Waals surface area contributed by atoms with Crippen LogP contribution in [-0.4, -0.2) is 25.8 Å². The van der Waals surface area contributed by atoms with Gasteiger partial charge in [0.1, 0.15) is 17.5 Å². The second kappa shape index (κ2) is 9.98. The maximum absolute atomic E-state index is 13.5. The fourth-order valence-corrected chi connectivity index (χ4v) is 3.70. The zero-order valence-corrected chi connectivity index (χ0v) is 16.1. The lowest BCUT2D eigenvalue weighted by molar-refractivity contribution is -0.173. The molecule has 1 aliphatic rings. The van der Waals surface area contributed by atoms with Crippen LogP contribution < -0.4 is 5.32 Å². The summed E-state index contributed by atoms with van der Waals surface area (Å²) in [5.74, 6) is -0.230. The average Bonchev–Trinajstić information content (AvgIpc) is 2.72. The highest BCUT2D eigenvalue weighted by Gasteiger charge is 2.44. The van der Waals surface area contributed by atoms with Gasteiger partial charge in [-0.2, -0.15) is 0 Å². The lowest BCUT2D eigenvalue weighted by Gasteiger charge is -2.44. The standard InChI is InChI=1S/C23H30FNO2/c1-2-3-7-16-26-22-17-25-15-14-23(22,20-10-12-21(24)13-11-20)27-18-19-8-5-4-6-9-19/h4-6,8-13,22,25H,2-3,7,14-18H2,1H3/t22-,23+/m0/s1. The van der Waals surface area contributed by atoms with Gasteiger partial charge in [0.15, 0.2) is 0 Å². The molecule has 4 heteroatoms. The first kappa shape index (κ1) is 20.0. The highest BCUT2D eigenvalue weighted by Crippen LogP contribution is 2.38. The van der Waals surface area contributed by atoms with Crippen LogP contribution in [0.1, 0.15) is 43.7 Å². The molecule has 1 aliphatic heterocycles. The second-order valence-electron chi connectivity index (χ2n) is 7.19. The summed E-state index contributed by atoms with van der Waals surface area (Å²) in [7, 11) is 0. The Kier molecular flexibility index (Phi) is 7.39. The van der Waals surface area contributed by atoms with Gasteiger partial charge in [0.2, 0.25) is 0 Å². The van der Waals surface area contributed by atoms with Crippen LogP contribution in [0.3, 0.4) is 0 Å². The minimum absolute atomic E-state index is 0.0997. The first-order valence-corrected chi connectivity index (χ1v) is 10.0. The third-order valence-corrected chi connectivity index (χ3v) is 5.26. The Morgan fingerprint density at radius 3 is 2.59 bits per heavy atom. The minimum atomic E-state index is -0.568. The van der Waals surface area contributed by atoms with Crippen LogP contribution in [0.15, 0.2) is 54.6 Å². The van der Waals surface area contributed by atoms with Crippen LogP contribution in [0.25, 0.3) is 0 Å². The summed E-state index contributed by atoms with van der Waals surface area (Å²) < 4.78 is 26.4. The molecule has 1 heterocycles. The summed E-state index contributed by atoms with van der Waals surface area (Å²) in [6.45, 7) is 5.00. The summed E-state index contributed by atoms with van der Waals surface area (Å²) in [5.41, 5.74) is 1.55. The summed E-state index contributed by atoms with van der Waals surface area (Å²) in [6.07, 6.45) is 4.07. The molecule has 1 N–H and O–H groups in total. The SMILES string of the molecule is CCCCCO[C@H]1CNCC[C@@]1(OCc1ccccc1)c1ccc(F)cc1. The third-order valence-electron chi connectivity index (χ3n) is 5.26. The number of hydrogen-bond donors (Lipinski definition) is 1. The van der Waals surface area contributed by atoms with Crippen molar-refractivity contribution in [3.63, 3.8) is 0 Å². The van der Waals surface area contributed by atoms with Gasteiger partial charge in [0, 0.05) is 13.2 Å². The minimum Gasteiger partial charge on any atom is -0.374 e. The van der Waals surface area contributed by atoms with E-state index in [0.717, 1.165) is 50.1 Å². The van der Waals surface area contributed by atoms with Crippen LogP contribution >= 0.6 is 0 Å². The summed E-state index contributed by atoms with van der Waals surface area (Å²) in [5, 5.41) is 3.43. The highest BCUT2D eigenvalue weighted by atomic mass is 19.1. The maximum atomic E-state index is 13.5. The molecule has 0 aliphatic carbocycles. The predicted octanol–water partition coefficient (Wildman–Crippen LogP) is 4.81. The average molecular weight is 371 g/mol. The molecule has 0 saturated carbocycles. The third kappa shape index (κ3) is 5.16. The second-order valence-corrected chi connectivity index (χ2v) is 7.19. The molecule has 27 heavy (non-hydrogen) atoms. The zero-order chi connectivity index (χ0) is 19.0. The number of unbranched alkanes of at least 4 members (excludes halogenated alkanes) is 2. The first-order chi connectivity index (χ1) is 13.2. The van der Waals surface area contributed by atoms with E-state index in [1.54, 1.807) is 0 Å². The van der Waals surface area contributed by atoms with E-state index in [-0.39, 0.29) is 11.9 Å². The van der Waals surface area contributed by atoms with E-state index in [9.17, 15) is 4.39 Å². The van der Waals surface area contributed by atoms with Gasteiger partial charge in [0.25, 0.3) is 0 Å². The van der Waals surface area contributed by atoms with Crippen molar-refractivity contribution in [3.05, 3.63) is 71.5 Å². The molecule has 1 saturated heterocycles. The lowest BCUT2D eigenvalue weighted by atomic mass is 9.82. The van der Waals surface area contributed by atoms with Gasteiger partial charge in [0.05, 0.1) is 6.61 Å². The monoisotopic (exact) mass is 371 g/mol. The van der Waals surface area contributed by atoms with Gasteiger partial charge in [-0.05, 0) is 42.6 Å². The molecule has 146 valence electrons. The number of benzene rings is 2. The molecule has 1 fully saturated rings. The summed E-state index contributed by atoms with van der Waals surface area (Å²) in [4.78, 5) is 0. The number of ether oxygens (including phenoxy) is 2. The highest BCUT2D eigenvalue weighted by molar-refractivity contribution is 5.27. The van der Waals surface area contributed by atoms with Crippen LogP contribution in [0, 0.1) is 5.82 Å². The Morgan fingerprint density at radius 1 is 1.07 bits per heavy atom. The molecule has 0 amide bonds. The zero-order valence-electron chi connectivity index (χ0n) is 16.1. The molecular formula is C23H30FNO2. The molecule has 3 rings (SSSR count). The number of rotatable bonds is 9. The van der Waals surface area contributed by atoms with E-state index >= 15 is 0 Å². The molecule has 3 nitrogen and oxygen atoms in total. The lowest BCUT2D eigenvalue weighted by Crippen LogP contribution is -2.54. The number of halogens is 1. The summed E-state index contributed by atoms with van der Waals surface area (Å²) in [6, 6.07) is 16.9. The largest absolute Gasteiger partial charge is 0.374 e. The van der Waals surface area contributed by atoms with Gasteiger partial charge >= 0.3 is 0 Å². The fourth-order valence-electron chi connectivity index (χ4n) is 3.70. The van der Waals surface area contributed by atoms with Crippen molar-refractivity contribution in [2.45, 2.75) is 50.9 Å². The molecule has 2 aromatic rings. The molecule has 2 atom stereocenters. The van der Waals surface area contributed by atoms with Crippen LogP contribution in [0.5, 0.6) is 0 Å². The Bertz CT molecular complexity index is 677. The van der Waals surface area contributed by atoms with Crippen LogP contribution in [0.4, 0.5) is 4.39 Å². The van der Waals surface area contributed by atoms with Gasteiger partial charge < -0.3 is 14.8 Å². The predicted molar refractivity (Wildman–Crippen MR) is 106 cm³/mol.